The zero-order valence-electron chi connectivity index (χ0n) is 13.6. The molecule has 1 N–H and O–H groups in total. The van der Waals surface area contributed by atoms with Crippen LogP contribution in [-0.2, 0) is 10.0 Å². The van der Waals surface area contributed by atoms with Gasteiger partial charge in [-0.25, -0.2) is 8.42 Å². The number of carbonyl (C=O) groups excluding carboxylic acids is 1. The second kappa shape index (κ2) is 6.91. The first-order chi connectivity index (χ1) is 11.9. The lowest BCUT2D eigenvalue weighted by Gasteiger charge is -2.04. The van der Waals surface area contributed by atoms with Crippen molar-refractivity contribution in [1.29, 1.82) is 0 Å². The molecule has 126 valence electrons. The zero-order valence-corrected chi connectivity index (χ0v) is 14.5. The molecule has 3 rings (SSSR count). The van der Waals surface area contributed by atoms with Gasteiger partial charge in [0.15, 0.2) is 5.78 Å². The summed E-state index contributed by atoms with van der Waals surface area (Å²) in [4.78, 5) is 12.3. The maximum Gasteiger partial charge on any atom is 0.229 e. The van der Waals surface area contributed by atoms with Crippen LogP contribution in [0.2, 0.25) is 0 Å². The number of rotatable bonds is 5. The van der Waals surface area contributed by atoms with Gasteiger partial charge in [0.2, 0.25) is 10.0 Å². The van der Waals surface area contributed by atoms with Gasteiger partial charge in [-0.1, -0.05) is 48.5 Å². The van der Waals surface area contributed by atoms with Crippen LogP contribution in [0.15, 0.2) is 72.8 Å². The minimum Gasteiger partial charge on any atom is -0.289 e. The molecular weight excluding hydrogens is 334 g/mol. The van der Waals surface area contributed by atoms with Crippen molar-refractivity contribution in [3.05, 3.63) is 83.9 Å². The monoisotopic (exact) mass is 351 g/mol. The Labute approximate surface area is 146 Å². The largest absolute Gasteiger partial charge is 0.289 e. The fourth-order valence-electron chi connectivity index (χ4n) is 2.57. The third kappa shape index (κ3) is 4.33. The van der Waals surface area contributed by atoms with Gasteiger partial charge in [-0.3, -0.25) is 9.52 Å². The van der Waals surface area contributed by atoms with Gasteiger partial charge in [0, 0.05) is 11.3 Å². The van der Waals surface area contributed by atoms with Gasteiger partial charge >= 0.3 is 0 Å². The number of benzene rings is 3. The molecule has 3 aromatic carbocycles. The molecule has 0 heterocycles. The van der Waals surface area contributed by atoms with Crippen molar-refractivity contribution in [1.82, 2.24) is 0 Å². The SMILES string of the molecule is CS(=O)(=O)Nc1ccc(C(=O)C=Cc2cccc3ccccc23)cc1. The van der Waals surface area contributed by atoms with Crippen molar-refractivity contribution in [3.63, 3.8) is 0 Å². The van der Waals surface area contributed by atoms with E-state index in [9.17, 15) is 13.2 Å². The van der Waals surface area contributed by atoms with Crippen LogP contribution in [0.5, 0.6) is 0 Å². The first-order valence-electron chi connectivity index (χ1n) is 7.70. The molecule has 0 radical (unpaired) electrons. The average Bonchev–Trinajstić information content (AvgIpc) is 2.59. The Hall–Kier alpha value is -2.92. The molecule has 0 saturated heterocycles. The molecule has 0 unspecified atom stereocenters. The highest BCUT2D eigenvalue weighted by atomic mass is 32.2. The molecule has 0 saturated carbocycles. The topological polar surface area (TPSA) is 63.2 Å². The Kier molecular flexibility index (Phi) is 4.67. The van der Waals surface area contributed by atoms with E-state index in [1.165, 1.54) is 6.08 Å². The summed E-state index contributed by atoms with van der Waals surface area (Å²) in [6, 6.07) is 20.3. The van der Waals surface area contributed by atoms with E-state index in [1.807, 2.05) is 42.5 Å². The highest BCUT2D eigenvalue weighted by molar-refractivity contribution is 7.92. The van der Waals surface area contributed by atoms with Gasteiger partial charge in [0.25, 0.3) is 0 Å². The van der Waals surface area contributed by atoms with E-state index < -0.39 is 10.0 Å². The van der Waals surface area contributed by atoms with E-state index in [2.05, 4.69) is 4.72 Å². The van der Waals surface area contributed by atoms with E-state index in [0.29, 0.717) is 11.3 Å². The van der Waals surface area contributed by atoms with Gasteiger partial charge < -0.3 is 0 Å². The number of hydrogen-bond acceptors (Lipinski definition) is 3. The maximum absolute atomic E-state index is 12.3. The Bertz CT molecular complexity index is 1050. The van der Waals surface area contributed by atoms with E-state index in [4.69, 9.17) is 0 Å². The van der Waals surface area contributed by atoms with E-state index in [-0.39, 0.29) is 5.78 Å². The summed E-state index contributed by atoms with van der Waals surface area (Å²) in [6.07, 6.45) is 4.41. The Morgan fingerprint density at radius 2 is 1.60 bits per heavy atom. The van der Waals surface area contributed by atoms with Gasteiger partial charge in [-0.05, 0) is 46.7 Å². The molecule has 25 heavy (non-hydrogen) atoms. The Morgan fingerprint density at radius 1 is 0.920 bits per heavy atom. The molecular formula is C20H17NO3S. The molecule has 0 fully saturated rings. The van der Waals surface area contributed by atoms with Crippen molar-refractivity contribution in [2.75, 3.05) is 11.0 Å². The number of sulfonamides is 1. The second-order valence-corrected chi connectivity index (χ2v) is 7.47. The van der Waals surface area contributed by atoms with Crippen LogP contribution in [0.25, 0.3) is 16.8 Å². The quantitative estimate of drug-likeness (QED) is 0.556. The van der Waals surface area contributed by atoms with Crippen LogP contribution in [-0.4, -0.2) is 20.5 Å². The smallest absolute Gasteiger partial charge is 0.229 e. The van der Waals surface area contributed by atoms with E-state index in [0.717, 1.165) is 22.6 Å². The van der Waals surface area contributed by atoms with Crippen molar-refractivity contribution >= 4 is 38.3 Å². The number of fused-ring (bicyclic) bond motifs is 1. The van der Waals surface area contributed by atoms with Crippen LogP contribution in [0.4, 0.5) is 5.69 Å². The van der Waals surface area contributed by atoms with Crippen LogP contribution >= 0.6 is 0 Å². The molecule has 0 bridgehead atoms. The van der Waals surface area contributed by atoms with Crippen molar-refractivity contribution in [2.24, 2.45) is 0 Å². The summed E-state index contributed by atoms with van der Waals surface area (Å²) in [5.74, 6) is -0.140. The fraction of sp³-hybridized carbons (Fsp3) is 0.0500. The molecule has 0 aliphatic rings. The number of nitrogens with one attached hydrogen (secondary N) is 1. The summed E-state index contributed by atoms with van der Waals surface area (Å²) in [6.45, 7) is 0. The molecule has 0 aliphatic carbocycles. The fourth-order valence-corrected chi connectivity index (χ4v) is 3.14. The number of hydrogen-bond donors (Lipinski definition) is 1. The molecule has 0 aromatic heterocycles. The van der Waals surface area contributed by atoms with E-state index in [1.54, 1.807) is 30.3 Å². The molecule has 4 nitrogen and oxygen atoms in total. The molecule has 5 heteroatoms. The van der Waals surface area contributed by atoms with Crippen molar-refractivity contribution in [3.8, 4) is 0 Å². The third-order valence-corrected chi connectivity index (χ3v) is 4.32. The van der Waals surface area contributed by atoms with Gasteiger partial charge in [0.1, 0.15) is 0 Å². The molecule has 0 amide bonds. The van der Waals surface area contributed by atoms with E-state index >= 15 is 0 Å². The normalized spacial score (nSPS) is 11.7. The predicted octanol–water partition coefficient (Wildman–Crippen LogP) is 4.11. The molecule has 0 aliphatic heterocycles. The summed E-state index contributed by atoms with van der Waals surface area (Å²) >= 11 is 0. The first kappa shape index (κ1) is 16.9. The lowest BCUT2D eigenvalue weighted by Crippen LogP contribution is -2.09. The maximum atomic E-state index is 12.3. The number of allylic oxidation sites excluding steroid dienone is 1. The van der Waals surface area contributed by atoms with Crippen LogP contribution in [0.1, 0.15) is 15.9 Å². The highest BCUT2D eigenvalue weighted by Crippen LogP contribution is 2.20. The predicted molar refractivity (Wildman–Crippen MR) is 102 cm³/mol. The minimum atomic E-state index is -3.33. The first-order valence-corrected chi connectivity index (χ1v) is 9.59. The lowest BCUT2D eigenvalue weighted by molar-refractivity contribution is 0.104. The van der Waals surface area contributed by atoms with Crippen LogP contribution in [0, 0.1) is 0 Å². The highest BCUT2D eigenvalue weighted by Gasteiger charge is 2.05. The Balaban J connectivity index is 1.80. The lowest BCUT2D eigenvalue weighted by atomic mass is 10.0. The third-order valence-electron chi connectivity index (χ3n) is 3.71. The number of ketones is 1. The summed E-state index contributed by atoms with van der Waals surface area (Å²) < 4.78 is 24.8. The minimum absolute atomic E-state index is 0.140. The van der Waals surface area contributed by atoms with Gasteiger partial charge in [-0.15, -0.1) is 0 Å². The van der Waals surface area contributed by atoms with Crippen LogP contribution < -0.4 is 4.72 Å². The zero-order chi connectivity index (χ0) is 17.9. The summed E-state index contributed by atoms with van der Waals surface area (Å²) in [5, 5.41) is 2.20. The molecule has 0 spiro atoms. The van der Waals surface area contributed by atoms with Gasteiger partial charge in [-0.2, -0.15) is 0 Å². The number of anilines is 1. The summed E-state index contributed by atoms with van der Waals surface area (Å²) in [7, 11) is -3.33. The van der Waals surface area contributed by atoms with Crippen molar-refractivity contribution in [2.45, 2.75) is 0 Å². The second-order valence-electron chi connectivity index (χ2n) is 5.72. The molecule has 3 aromatic rings. The van der Waals surface area contributed by atoms with Crippen molar-refractivity contribution < 1.29 is 13.2 Å². The molecule has 0 atom stereocenters. The van der Waals surface area contributed by atoms with Gasteiger partial charge in [0.05, 0.1) is 6.26 Å². The average molecular weight is 351 g/mol. The standard InChI is InChI=1S/C20H17NO3S/c1-25(23,24)21-18-12-9-17(10-13-18)20(22)14-11-16-7-4-6-15-5-2-3-8-19(15)16/h2-14,21H,1H3. The number of carbonyl (C=O) groups is 1. The van der Waals surface area contributed by atoms with Crippen LogP contribution in [0.3, 0.4) is 0 Å². The summed E-state index contributed by atoms with van der Waals surface area (Å²) in [5.41, 5.74) is 1.90. The Morgan fingerprint density at radius 3 is 2.32 bits per heavy atom.